The van der Waals surface area contributed by atoms with Crippen molar-refractivity contribution in [3.63, 3.8) is 0 Å². The zero-order valence-corrected chi connectivity index (χ0v) is 12.4. The maximum Gasteiger partial charge on any atom is 0.172 e. The van der Waals surface area contributed by atoms with Crippen molar-refractivity contribution in [2.75, 3.05) is 31.1 Å². The van der Waals surface area contributed by atoms with Crippen LogP contribution in [-0.2, 0) is 0 Å². The van der Waals surface area contributed by atoms with Crippen LogP contribution in [0, 0.1) is 6.92 Å². The molecule has 0 saturated carbocycles. The van der Waals surface area contributed by atoms with E-state index in [0.29, 0.717) is 5.75 Å². The lowest BCUT2D eigenvalue weighted by Crippen LogP contribution is -2.25. The zero-order valence-electron chi connectivity index (χ0n) is 11.6. The monoisotopic (exact) mass is 265 g/mol. The Kier molecular flexibility index (Phi) is 7.06. The van der Waals surface area contributed by atoms with Gasteiger partial charge in [-0.25, -0.2) is 0 Å². The quantitative estimate of drug-likeness (QED) is 0.531. The molecule has 0 heterocycles. The molecule has 0 bridgehead atoms. The molecule has 0 N–H and O–H groups in total. The highest BCUT2D eigenvalue weighted by Gasteiger charge is 2.08. The molecule has 0 saturated heterocycles. The van der Waals surface area contributed by atoms with Crippen molar-refractivity contribution in [3.8, 4) is 0 Å². The Morgan fingerprint density at radius 3 is 2.50 bits per heavy atom. The number of thioether (sulfide) groups is 1. The van der Waals surface area contributed by atoms with Crippen molar-refractivity contribution < 1.29 is 4.79 Å². The second kappa shape index (κ2) is 8.33. The number of aryl methyl sites for hydroxylation is 1. The molecule has 1 aromatic rings. The van der Waals surface area contributed by atoms with Crippen molar-refractivity contribution in [2.45, 2.75) is 20.8 Å². The van der Waals surface area contributed by atoms with Gasteiger partial charge in [0.05, 0.1) is 5.75 Å². The van der Waals surface area contributed by atoms with Gasteiger partial charge in [-0.2, -0.15) is 11.8 Å². The van der Waals surface area contributed by atoms with Gasteiger partial charge in [-0.05, 0) is 25.6 Å². The van der Waals surface area contributed by atoms with Crippen molar-refractivity contribution in [1.29, 1.82) is 0 Å². The lowest BCUT2D eigenvalue weighted by Gasteiger charge is -2.17. The molecule has 18 heavy (non-hydrogen) atoms. The summed E-state index contributed by atoms with van der Waals surface area (Å²) in [7, 11) is 0. The van der Waals surface area contributed by atoms with Gasteiger partial charge in [-0.15, -0.1) is 0 Å². The third kappa shape index (κ3) is 4.83. The van der Waals surface area contributed by atoms with Gasteiger partial charge in [-0.1, -0.05) is 38.1 Å². The molecule has 0 atom stereocenters. The normalized spacial score (nSPS) is 10.9. The summed E-state index contributed by atoms with van der Waals surface area (Å²) in [6.07, 6.45) is 0. The highest BCUT2D eigenvalue weighted by molar-refractivity contribution is 8.00. The van der Waals surface area contributed by atoms with E-state index in [1.807, 2.05) is 31.2 Å². The highest BCUT2D eigenvalue weighted by Crippen LogP contribution is 2.11. The molecule has 1 rings (SSSR count). The van der Waals surface area contributed by atoms with Crippen molar-refractivity contribution in [3.05, 3.63) is 35.4 Å². The van der Waals surface area contributed by atoms with Crippen molar-refractivity contribution in [2.24, 2.45) is 0 Å². The molecule has 0 spiro atoms. The van der Waals surface area contributed by atoms with E-state index in [4.69, 9.17) is 0 Å². The van der Waals surface area contributed by atoms with E-state index in [1.165, 1.54) is 0 Å². The molecule has 0 amide bonds. The molecule has 0 aliphatic heterocycles. The minimum Gasteiger partial charge on any atom is -0.303 e. The summed E-state index contributed by atoms with van der Waals surface area (Å²) in [6.45, 7) is 9.58. The summed E-state index contributed by atoms with van der Waals surface area (Å²) in [5.74, 6) is 1.86. The summed E-state index contributed by atoms with van der Waals surface area (Å²) in [5.41, 5.74) is 1.94. The molecule has 0 aliphatic carbocycles. The number of rotatable bonds is 8. The van der Waals surface area contributed by atoms with Gasteiger partial charge in [0.25, 0.3) is 0 Å². The van der Waals surface area contributed by atoms with Gasteiger partial charge in [0, 0.05) is 17.9 Å². The molecule has 0 aliphatic rings. The van der Waals surface area contributed by atoms with Gasteiger partial charge >= 0.3 is 0 Å². The fourth-order valence-corrected chi connectivity index (χ4v) is 2.73. The Labute approximate surface area is 115 Å². The third-order valence-corrected chi connectivity index (χ3v) is 4.06. The van der Waals surface area contributed by atoms with Crippen LogP contribution in [0.15, 0.2) is 24.3 Å². The maximum atomic E-state index is 12.0. The Hall–Kier alpha value is -0.800. The fourth-order valence-electron chi connectivity index (χ4n) is 1.86. The average Bonchev–Trinajstić information content (AvgIpc) is 2.39. The Balaban J connectivity index is 2.32. The van der Waals surface area contributed by atoms with E-state index in [9.17, 15) is 4.79 Å². The minimum absolute atomic E-state index is 0.248. The zero-order chi connectivity index (χ0) is 13.4. The number of hydrogen-bond donors (Lipinski definition) is 0. The Bertz CT molecular complexity index is 375. The summed E-state index contributed by atoms with van der Waals surface area (Å²) < 4.78 is 0. The van der Waals surface area contributed by atoms with E-state index in [1.54, 1.807) is 11.8 Å². The predicted octanol–water partition coefficient (Wildman–Crippen LogP) is 3.25. The maximum absolute atomic E-state index is 12.0. The van der Waals surface area contributed by atoms with Crippen LogP contribution in [-0.4, -0.2) is 41.8 Å². The summed E-state index contributed by atoms with van der Waals surface area (Å²) in [5, 5.41) is 0. The smallest absolute Gasteiger partial charge is 0.172 e. The first kappa shape index (κ1) is 15.3. The second-order valence-electron chi connectivity index (χ2n) is 4.32. The van der Waals surface area contributed by atoms with Crippen LogP contribution in [0.25, 0.3) is 0 Å². The molecule has 0 radical (unpaired) electrons. The molecule has 1 aromatic carbocycles. The molecule has 0 aromatic heterocycles. The predicted molar refractivity (Wildman–Crippen MR) is 80.6 cm³/mol. The van der Waals surface area contributed by atoms with E-state index in [-0.39, 0.29) is 5.78 Å². The van der Waals surface area contributed by atoms with Crippen molar-refractivity contribution in [1.82, 2.24) is 4.90 Å². The largest absolute Gasteiger partial charge is 0.303 e. The number of hydrogen-bond acceptors (Lipinski definition) is 3. The topological polar surface area (TPSA) is 20.3 Å². The van der Waals surface area contributed by atoms with Crippen LogP contribution in [0.5, 0.6) is 0 Å². The van der Waals surface area contributed by atoms with Crippen LogP contribution in [0.4, 0.5) is 0 Å². The van der Waals surface area contributed by atoms with Gasteiger partial charge in [-0.3, -0.25) is 4.79 Å². The second-order valence-corrected chi connectivity index (χ2v) is 5.42. The molecule has 2 nitrogen and oxygen atoms in total. The molecule has 0 fully saturated rings. The van der Waals surface area contributed by atoms with Crippen LogP contribution < -0.4 is 0 Å². The first-order chi connectivity index (χ1) is 8.69. The van der Waals surface area contributed by atoms with Crippen LogP contribution in [0.3, 0.4) is 0 Å². The molecular weight excluding hydrogens is 242 g/mol. The summed E-state index contributed by atoms with van der Waals surface area (Å²) in [6, 6.07) is 7.82. The third-order valence-electron chi connectivity index (χ3n) is 3.12. The van der Waals surface area contributed by atoms with E-state index in [2.05, 4.69) is 18.7 Å². The number of Topliss-reactive ketones (excluding diaryl/α,β-unsaturated/α-hetero) is 1. The van der Waals surface area contributed by atoms with Crippen LogP contribution in [0.2, 0.25) is 0 Å². The van der Waals surface area contributed by atoms with E-state index in [0.717, 1.165) is 36.5 Å². The lowest BCUT2D eigenvalue weighted by atomic mass is 10.1. The van der Waals surface area contributed by atoms with Crippen LogP contribution in [0.1, 0.15) is 29.8 Å². The minimum atomic E-state index is 0.248. The van der Waals surface area contributed by atoms with Gasteiger partial charge in [0.15, 0.2) is 5.78 Å². The number of carbonyl (C=O) groups excluding carboxylic acids is 1. The van der Waals surface area contributed by atoms with Gasteiger partial charge in [0.1, 0.15) is 0 Å². The Morgan fingerprint density at radius 1 is 1.22 bits per heavy atom. The first-order valence-electron chi connectivity index (χ1n) is 6.58. The Morgan fingerprint density at radius 2 is 1.89 bits per heavy atom. The summed E-state index contributed by atoms with van der Waals surface area (Å²) in [4.78, 5) is 14.4. The number of benzene rings is 1. The van der Waals surface area contributed by atoms with Crippen molar-refractivity contribution >= 4 is 17.5 Å². The fraction of sp³-hybridized carbons (Fsp3) is 0.533. The molecule has 0 unspecified atom stereocenters. The highest BCUT2D eigenvalue weighted by atomic mass is 32.2. The number of nitrogens with zero attached hydrogens (tertiary/aromatic N) is 1. The number of ketones is 1. The summed E-state index contributed by atoms with van der Waals surface area (Å²) >= 11 is 1.73. The van der Waals surface area contributed by atoms with Crippen LogP contribution >= 0.6 is 11.8 Å². The molecule has 3 heteroatoms. The SMILES string of the molecule is CCN(CC)CCSCC(=O)c1ccccc1C. The first-order valence-corrected chi connectivity index (χ1v) is 7.73. The molecular formula is C15H23NOS. The molecule has 100 valence electrons. The average molecular weight is 265 g/mol. The van der Waals surface area contributed by atoms with Gasteiger partial charge < -0.3 is 4.90 Å². The van der Waals surface area contributed by atoms with E-state index < -0.39 is 0 Å². The van der Waals surface area contributed by atoms with E-state index >= 15 is 0 Å². The standard InChI is InChI=1S/C15H23NOS/c1-4-16(5-2)10-11-18-12-15(17)14-9-7-6-8-13(14)3/h6-9H,4-5,10-12H2,1-3H3. The number of carbonyl (C=O) groups is 1. The lowest BCUT2D eigenvalue weighted by molar-refractivity contribution is 0.102. The van der Waals surface area contributed by atoms with Gasteiger partial charge in [0.2, 0.25) is 0 Å².